The van der Waals surface area contributed by atoms with Gasteiger partial charge in [-0.25, -0.2) is 0 Å². The molecule has 0 aliphatic heterocycles. The van der Waals surface area contributed by atoms with E-state index in [9.17, 15) is 0 Å². The van der Waals surface area contributed by atoms with Crippen molar-refractivity contribution in [1.82, 2.24) is 15.1 Å². The predicted octanol–water partition coefficient (Wildman–Crippen LogP) is 3.55. The van der Waals surface area contributed by atoms with Crippen LogP contribution in [-0.4, -0.2) is 21.9 Å². The van der Waals surface area contributed by atoms with Gasteiger partial charge in [-0.05, 0) is 51.5 Å². The molecule has 3 nitrogen and oxygen atoms in total. The van der Waals surface area contributed by atoms with Gasteiger partial charge in [0.1, 0.15) is 0 Å². The maximum Gasteiger partial charge on any atom is 0.0492 e. The molecule has 0 saturated heterocycles. The zero-order chi connectivity index (χ0) is 14.5. The summed E-state index contributed by atoms with van der Waals surface area (Å²) in [5.41, 5.74) is 1.89. The molecule has 0 aromatic carbocycles. The lowest BCUT2D eigenvalue weighted by molar-refractivity contribution is 0.227. The Kier molecular flexibility index (Phi) is 5.60. The zero-order valence-electron chi connectivity index (χ0n) is 13.6. The number of aromatic nitrogens is 2. The molecular formula is C16H31N3. The Morgan fingerprint density at radius 1 is 1.21 bits per heavy atom. The van der Waals surface area contributed by atoms with Crippen molar-refractivity contribution in [3.05, 3.63) is 18.0 Å². The van der Waals surface area contributed by atoms with Crippen LogP contribution in [0.1, 0.15) is 59.6 Å². The normalized spacial score (nSPS) is 15.5. The van der Waals surface area contributed by atoms with E-state index in [0.29, 0.717) is 5.41 Å². The van der Waals surface area contributed by atoms with Crippen LogP contribution in [0.5, 0.6) is 0 Å². The molecular weight excluding hydrogens is 234 g/mol. The van der Waals surface area contributed by atoms with Gasteiger partial charge in [0.05, 0.1) is 0 Å². The molecule has 0 radical (unpaired) electrons. The quantitative estimate of drug-likeness (QED) is 0.817. The van der Waals surface area contributed by atoms with Crippen molar-refractivity contribution in [2.45, 2.75) is 65.8 Å². The first-order chi connectivity index (χ1) is 8.76. The van der Waals surface area contributed by atoms with Gasteiger partial charge < -0.3 is 5.32 Å². The van der Waals surface area contributed by atoms with E-state index in [-0.39, 0.29) is 5.54 Å². The average molecular weight is 265 g/mol. The van der Waals surface area contributed by atoms with E-state index in [0.717, 1.165) is 13.0 Å². The fourth-order valence-electron chi connectivity index (χ4n) is 2.46. The van der Waals surface area contributed by atoms with Gasteiger partial charge in [0.25, 0.3) is 0 Å². The van der Waals surface area contributed by atoms with Crippen LogP contribution in [0.25, 0.3) is 0 Å². The molecule has 0 spiro atoms. The maximum absolute atomic E-state index is 4.25. The number of hydrogen-bond acceptors (Lipinski definition) is 2. The van der Waals surface area contributed by atoms with E-state index in [1.54, 1.807) is 0 Å². The molecule has 0 aliphatic carbocycles. The SMILES string of the molecule is CCCC(C)(CCc1ccnn1C)CNC(C)(C)C. The number of hydrogen-bond donors (Lipinski definition) is 1. The van der Waals surface area contributed by atoms with E-state index in [1.165, 1.54) is 25.0 Å². The molecule has 1 atom stereocenters. The van der Waals surface area contributed by atoms with E-state index < -0.39 is 0 Å². The highest BCUT2D eigenvalue weighted by molar-refractivity contribution is 5.01. The first-order valence-corrected chi connectivity index (χ1v) is 7.48. The summed E-state index contributed by atoms with van der Waals surface area (Å²) in [6, 6.07) is 2.13. The van der Waals surface area contributed by atoms with Crippen LogP contribution in [0.3, 0.4) is 0 Å². The third kappa shape index (κ3) is 5.77. The maximum atomic E-state index is 4.25. The molecule has 1 aromatic heterocycles. The van der Waals surface area contributed by atoms with Crippen LogP contribution in [-0.2, 0) is 13.5 Å². The fourth-order valence-corrected chi connectivity index (χ4v) is 2.46. The Morgan fingerprint density at radius 3 is 2.37 bits per heavy atom. The minimum atomic E-state index is 0.196. The third-order valence-corrected chi connectivity index (χ3v) is 3.81. The second-order valence-corrected chi connectivity index (χ2v) is 7.11. The molecule has 1 aromatic rings. The standard InChI is InChI=1S/C16H31N3/c1-7-10-16(5,13-17-15(2,3)4)11-8-14-9-12-18-19(14)6/h9,12,17H,7-8,10-11,13H2,1-6H3. The summed E-state index contributed by atoms with van der Waals surface area (Å²) < 4.78 is 1.99. The van der Waals surface area contributed by atoms with E-state index in [4.69, 9.17) is 0 Å². The number of aryl methyl sites for hydroxylation is 2. The predicted molar refractivity (Wildman–Crippen MR) is 82.3 cm³/mol. The van der Waals surface area contributed by atoms with Crippen molar-refractivity contribution in [3.63, 3.8) is 0 Å². The molecule has 110 valence electrons. The van der Waals surface area contributed by atoms with Gasteiger partial charge in [0.2, 0.25) is 0 Å². The van der Waals surface area contributed by atoms with Gasteiger partial charge in [0.15, 0.2) is 0 Å². The second-order valence-electron chi connectivity index (χ2n) is 7.11. The molecule has 0 aliphatic rings. The van der Waals surface area contributed by atoms with Crippen LogP contribution >= 0.6 is 0 Å². The Bertz CT molecular complexity index is 376. The summed E-state index contributed by atoms with van der Waals surface area (Å²) in [5, 5.41) is 7.92. The summed E-state index contributed by atoms with van der Waals surface area (Å²) in [7, 11) is 2.03. The lowest BCUT2D eigenvalue weighted by Gasteiger charge is -2.33. The van der Waals surface area contributed by atoms with Crippen LogP contribution in [0, 0.1) is 5.41 Å². The summed E-state index contributed by atoms with van der Waals surface area (Å²) in [6.07, 6.45) is 6.73. The first kappa shape index (κ1) is 16.2. The fraction of sp³-hybridized carbons (Fsp3) is 0.812. The van der Waals surface area contributed by atoms with Gasteiger partial charge in [-0.2, -0.15) is 5.10 Å². The topological polar surface area (TPSA) is 29.9 Å². The lowest BCUT2D eigenvalue weighted by atomic mass is 9.80. The molecule has 0 fully saturated rings. The summed E-state index contributed by atoms with van der Waals surface area (Å²) in [6.45, 7) is 12.5. The largest absolute Gasteiger partial charge is 0.312 e. The van der Waals surface area contributed by atoms with Crippen molar-refractivity contribution < 1.29 is 0 Å². The Hall–Kier alpha value is -0.830. The molecule has 1 heterocycles. The van der Waals surface area contributed by atoms with Crippen LogP contribution in [0.2, 0.25) is 0 Å². The molecule has 0 saturated carbocycles. The van der Waals surface area contributed by atoms with Gasteiger partial charge in [-0.1, -0.05) is 20.3 Å². The number of rotatable bonds is 7. The first-order valence-electron chi connectivity index (χ1n) is 7.48. The third-order valence-electron chi connectivity index (χ3n) is 3.81. The highest BCUT2D eigenvalue weighted by Gasteiger charge is 2.25. The number of nitrogens with one attached hydrogen (secondary N) is 1. The summed E-state index contributed by atoms with van der Waals surface area (Å²) >= 11 is 0. The Labute approximate surface area is 118 Å². The number of nitrogens with zero attached hydrogens (tertiary/aromatic N) is 2. The van der Waals surface area contributed by atoms with E-state index in [2.05, 4.69) is 51.1 Å². The monoisotopic (exact) mass is 265 g/mol. The molecule has 1 N–H and O–H groups in total. The van der Waals surface area contributed by atoms with Gasteiger partial charge in [-0.15, -0.1) is 0 Å². The average Bonchev–Trinajstić information content (AvgIpc) is 2.70. The second kappa shape index (κ2) is 6.56. The highest BCUT2D eigenvalue weighted by Crippen LogP contribution is 2.29. The summed E-state index contributed by atoms with van der Waals surface area (Å²) in [4.78, 5) is 0. The van der Waals surface area contributed by atoms with E-state index in [1.807, 2.05) is 17.9 Å². The van der Waals surface area contributed by atoms with Crippen LogP contribution in [0.4, 0.5) is 0 Å². The van der Waals surface area contributed by atoms with Gasteiger partial charge in [-0.3, -0.25) is 4.68 Å². The van der Waals surface area contributed by atoms with Crippen molar-refractivity contribution in [3.8, 4) is 0 Å². The summed E-state index contributed by atoms with van der Waals surface area (Å²) in [5.74, 6) is 0. The molecule has 0 amide bonds. The molecule has 3 heteroatoms. The highest BCUT2D eigenvalue weighted by atomic mass is 15.2. The zero-order valence-corrected chi connectivity index (χ0v) is 13.6. The molecule has 0 bridgehead atoms. The van der Waals surface area contributed by atoms with E-state index >= 15 is 0 Å². The van der Waals surface area contributed by atoms with Crippen molar-refractivity contribution >= 4 is 0 Å². The molecule has 1 rings (SSSR count). The van der Waals surface area contributed by atoms with Crippen LogP contribution < -0.4 is 5.32 Å². The van der Waals surface area contributed by atoms with Crippen molar-refractivity contribution in [1.29, 1.82) is 0 Å². The Morgan fingerprint density at radius 2 is 1.89 bits per heavy atom. The molecule has 19 heavy (non-hydrogen) atoms. The van der Waals surface area contributed by atoms with Gasteiger partial charge >= 0.3 is 0 Å². The minimum Gasteiger partial charge on any atom is -0.312 e. The van der Waals surface area contributed by atoms with Crippen molar-refractivity contribution in [2.75, 3.05) is 6.54 Å². The van der Waals surface area contributed by atoms with Crippen LogP contribution in [0.15, 0.2) is 12.3 Å². The lowest BCUT2D eigenvalue weighted by Crippen LogP contribution is -2.43. The van der Waals surface area contributed by atoms with Gasteiger partial charge in [0, 0.05) is 31.0 Å². The minimum absolute atomic E-state index is 0.196. The molecule has 1 unspecified atom stereocenters. The van der Waals surface area contributed by atoms with Crippen molar-refractivity contribution in [2.24, 2.45) is 12.5 Å². The Balaban J connectivity index is 2.58. The smallest absolute Gasteiger partial charge is 0.0492 e.